The minimum absolute atomic E-state index is 0.245. The van der Waals surface area contributed by atoms with Crippen LogP contribution < -0.4 is 9.80 Å². The minimum atomic E-state index is -0.245. The number of nitrogens with zero attached hydrogens (tertiary/aromatic N) is 4. The summed E-state index contributed by atoms with van der Waals surface area (Å²) in [4.78, 5) is 14.5. The third-order valence-electron chi connectivity index (χ3n) is 9.18. The van der Waals surface area contributed by atoms with E-state index in [4.69, 9.17) is 9.97 Å². The summed E-state index contributed by atoms with van der Waals surface area (Å²) in [6, 6.07) is 53.7. The lowest BCUT2D eigenvalue weighted by molar-refractivity contribution is 0.476. The van der Waals surface area contributed by atoms with E-state index in [1.54, 1.807) is 6.07 Å². The van der Waals surface area contributed by atoms with Gasteiger partial charge < -0.3 is 10.0 Å². The lowest BCUT2D eigenvalue weighted by atomic mass is 9.83. The van der Waals surface area contributed by atoms with Crippen molar-refractivity contribution in [2.75, 3.05) is 9.80 Å². The topological polar surface area (TPSA) is 52.5 Å². The van der Waals surface area contributed by atoms with Gasteiger partial charge in [0.2, 0.25) is 0 Å². The fourth-order valence-electron chi connectivity index (χ4n) is 6.84. The number of hydrogen-bond acceptors (Lipinski definition) is 5. The van der Waals surface area contributed by atoms with Crippen molar-refractivity contribution in [2.45, 2.75) is 19.3 Å². The van der Waals surface area contributed by atoms with Gasteiger partial charge in [0, 0.05) is 51.6 Å². The Hall–Kier alpha value is -6.20. The molecule has 0 saturated carbocycles. The Morgan fingerprint density at radius 2 is 1.10 bits per heavy atom. The number of rotatable bonds is 7. The second-order valence-corrected chi connectivity index (χ2v) is 12.5. The number of pyridine rings is 2. The zero-order valence-corrected chi connectivity index (χ0v) is 26.8. The Bertz CT molecular complexity index is 2190. The van der Waals surface area contributed by atoms with Crippen molar-refractivity contribution < 1.29 is 5.11 Å². The van der Waals surface area contributed by atoms with Crippen LogP contribution in [0.3, 0.4) is 0 Å². The average molecular weight is 623 g/mol. The summed E-state index contributed by atoms with van der Waals surface area (Å²) in [5.41, 5.74) is 10.5. The number of aromatic hydroxyl groups is 1. The highest BCUT2D eigenvalue weighted by atomic mass is 16.3. The van der Waals surface area contributed by atoms with Gasteiger partial charge in [-0.2, -0.15) is 0 Å². The van der Waals surface area contributed by atoms with Crippen molar-refractivity contribution in [3.05, 3.63) is 175 Å². The van der Waals surface area contributed by atoms with Crippen LogP contribution in [0.25, 0.3) is 22.5 Å². The molecule has 2 aromatic heterocycles. The maximum atomic E-state index is 10.9. The lowest BCUT2D eigenvalue weighted by Crippen LogP contribution is -2.15. The molecule has 0 unspecified atom stereocenters. The van der Waals surface area contributed by atoms with Gasteiger partial charge in [-0.15, -0.1) is 0 Å². The summed E-state index contributed by atoms with van der Waals surface area (Å²) in [5.74, 6) is 1.05. The van der Waals surface area contributed by atoms with Gasteiger partial charge in [0.1, 0.15) is 11.6 Å². The summed E-state index contributed by atoms with van der Waals surface area (Å²) >= 11 is 0. The van der Waals surface area contributed by atoms with Crippen LogP contribution in [0.5, 0.6) is 5.75 Å². The van der Waals surface area contributed by atoms with Crippen LogP contribution in [-0.2, 0) is 5.41 Å². The average Bonchev–Trinajstić information content (AvgIpc) is 3.37. The normalized spacial score (nSPS) is 12.6. The largest absolute Gasteiger partial charge is 0.507 e. The third-order valence-corrected chi connectivity index (χ3v) is 9.18. The molecule has 0 atom stereocenters. The Morgan fingerprint density at radius 1 is 0.521 bits per heavy atom. The van der Waals surface area contributed by atoms with Crippen LogP contribution in [0.2, 0.25) is 0 Å². The standard InChI is InChI=1S/C43H34N4O/c1-43(2)36-22-13-23-39(48)41(36)42-37(43)24-25-38(45-42)30-14-12-21-34(28-30)47(33-19-10-5-11-20-33)40-29-35(26-27-44-40)46(31-15-6-3-7-16-31)32-17-8-4-9-18-32/h3-29,48H,1-2H3. The highest BCUT2D eigenvalue weighted by Crippen LogP contribution is 2.51. The van der Waals surface area contributed by atoms with E-state index in [1.165, 1.54) is 0 Å². The van der Waals surface area contributed by atoms with Crippen molar-refractivity contribution in [2.24, 2.45) is 0 Å². The van der Waals surface area contributed by atoms with Gasteiger partial charge >= 0.3 is 0 Å². The molecule has 2 heterocycles. The molecule has 1 aliphatic carbocycles. The van der Waals surface area contributed by atoms with Crippen LogP contribution in [-0.4, -0.2) is 15.1 Å². The van der Waals surface area contributed by atoms with Crippen molar-refractivity contribution in [3.63, 3.8) is 0 Å². The molecular formula is C43H34N4O. The van der Waals surface area contributed by atoms with E-state index in [0.717, 1.165) is 67.9 Å². The molecule has 7 aromatic rings. The first-order valence-electron chi connectivity index (χ1n) is 16.2. The molecule has 0 bridgehead atoms. The first kappa shape index (κ1) is 29.2. The molecule has 5 heteroatoms. The molecule has 48 heavy (non-hydrogen) atoms. The van der Waals surface area contributed by atoms with E-state index in [0.29, 0.717) is 0 Å². The molecule has 0 radical (unpaired) electrons. The fourth-order valence-corrected chi connectivity index (χ4v) is 6.84. The monoisotopic (exact) mass is 622 g/mol. The SMILES string of the molecule is CC1(C)c2ccc(-c3cccc(N(c4ccccc4)c4cc(N(c5ccccc5)c5ccccc5)ccn4)c3)nc2-c2c(O)cccc21. The zero-order valence-electron chi connectivity index (χ0n) is 26.8. The number of aromatic nitrogens is 2. The highest BCUT2D eigenvalue weighted by molar-refractivity contribution is 5.85. The number of phenols is 1. The molecule has 0 amide bonds. The number of hydrogen-bond donors (Lipinski definition) is 1. The molecule has 5 aromatic carbocycles. The molecule has 0 fully saturated rings. The molecule has 0 aliphatic heterocycles. The molecule has 232 valence electrons. The lowest BCUT2D eigenvalue weighted by Gasteiger charge is -2.28. The second kappa shape index (κ2) is 11.9. The molecule has 0 saturated heterocycles. The van der Waals surface area contributed by atoms with Gasteiger partial charge in [-0.05, 0) is 77.9 Å². The minimum Gasteiger partial charge on any atom is -0.507 e. The molecule has 1 aliphatic rings. The molecular weight excluding hydrogens is 589 g/mol. The van der Waals surface area contributed by atoms with Crippen molar-refractivity contribution in [1.82, 2.24) is 9.97 Å². The fraction of sp³-hybridized carbons (Fsp3) is 0.0698. The first-order valence-corrected chi connectivity index (χ1v) is 16.2. The Balaban J connectivity index is 1.24. The molecule has 0 spiro atoms. The first-order chi connectivity index (χ1) is 23.5. The predicted octanol–water partition coefficient (Wildman–Crippen LogP) is 11.1. The van der Waals surface area contributed by atoms with Crippen LogP contribution in [0, 0.1) is 0 Å². The van der Waals surface area contributed by atoms with Crippen molar-refractivity contribution >= 4 is 34.3 Å². The Labute approximate surface area is 281 Å². The highest BCUT2D eigenvalue weighted by Gasteiger charge is 2.38. The molecule has 1 N–H and O–H groups in total. The van der Waals surface area contributed by atoms with E-state index >= 15 is 0 Å². The maximum absolute atomic E-state index is 10.9. The van der Waals surface area contributed by atoms with Gasteiger partial charge in [-0.25, -0.2) is 9.97 Å². The summed E-state index contributed by atoms with van der Waals surface area (Å²) in [5, 5.41) is 10.9. The van der Waals surface area contributed by atoms with Crippen molar-refractivity contribution in [3.8, 4) is 28.3 Å². The van der Waals surface area contributed by atoms with Crippen LogP contribution in [0.4, 0.5) is 34.3 Å². The van der Waals surface area contributed by atoms with E-state index in [1.807, 2.05) is 48.7 Å². The molecule has 8 rings (SSSR count). The number of anilines is 6. The van der Waals surface area contributed by atoms with Gasteiger partial charge in [0.15, 0.2) is 0 Å². The number of para-hydroxylation sites is 3. The van der Waals surface area contributed by atoms with Gasteiger partial charge in [0.05, 0.1) is 17.1 Å². The van der Waals surface area contributed by atoms with E-state index in [9.17, 15) is 5.11 Å². The number of benzene rings is 5. The Kier molecular flexibility index (Phi) is 7.22. The maximum Gasteiger partial charge on any atom is 0.139 e. The summed E-state index contributed by atoms with van der Waals surface area (Å²) < 4.78 is 0. The van der Waals surface area contributed by atoms with E-state index in [-0.39, 0.29) is 11.2 Å². The van der Waals surface area contributed by atoms with Crippen LogP contribution in [0.15, 0.2) is 164 Å². The van der Waals surface area contributed by atoms with Gasteiger partial charge in [0.25, 0.3) is 0 Å². The smallest absolute Gasteiger partial charge is 0.139 e. The van der Waals surface area contributed by atoms with Crippen LogP contribution >= 0.6 is 0 Å². The van der Waals surface area contributed by atoms with Gasteiger partial charge in [-0.1, -0.05) is 98.8 Å². The number of phenolic OH excluding ortho intramolecular Hbond substituents is 1. The zero-order chi connectivity index (χ0) is 32.7. The quantitative estimate of drug-likeness (QED) is 0.192. The number of fused-ring (bicyclic) bond motifs is 3. The molecule has 5 nitrogen and oxygen atoms in total. The summed E-state index contributed by atoms with van der Waals surface area (Å²) in [7, 11) is 0. The summed E-state index contributed by atoms with van der Waals surface area (Å²) in [6.07, 6.45) is 1.87. The van der Waals surface area contributed by atoms with Crippen molar-refractivity contribution in [1.29, 1.82) is 0 Å². The third kappa shape index (κ3) is 5.06. The van der Waals surface area contributed by atoms with E-state index in [2.05, 4.69) is 133 Å². The van der Waals surface area contributed by atoms with E-state index < -0.39 is 0 Å². The Morgan fingerprint density at radius 3 is 1.77 bits per heavy atom. The second-order valence-electron chi connectivity index (χ2n) is 12.5. The summed E-state index contributed by atoms with van der Waals surface area (Å²) in [6.45, 7) is 4.38. The van der Waals surface area contributed by atoms with Gasteiger partial charge in [-0.3, -0.25) is 4.90 Å². The van der Waals surface area contributed by atoms with Crippen LogP contribution in [0.1, 0.15) is 25.0 Å². The predicted molar refractivity (Wildman–Crippen MR) is 196 cm³/mol.